The van der Waals surface area contributed by atoms with E-state index in [0.717, 1.165) is 11.4 Å². The number of hydrogen-bond acceptors (Lipinski definition) is 1. The molecule has 11 rings (SSSR count). The standard InChI is InChI=1S/C52H40N2/c1-51(2)42-20-9-5-16-37(42)41-32-35(28-30-44(41)51)54(49-26-14-22-45-50(49)40-19-6-10-21-43(40)52(45,3)4)46-25-13-15-33-31-34(27-29-36(33)46)53-47-23-11-7-17-38(47)39-18-8-12-24-48(39)53/h5-32H,1-4H3. The van der Waals surface area contributed by atoms with Crippen LogP contribution in [0.15, 0.2) is 170 Å². The normalized spacial score (nSPS) is 14.6. The molecule has 0 spiro atoms. The van der Waals surface area contributed by atoms with Crippen LogP contribution in [0.3, 0.4) is 0 Å². The molecule has 1 heterocycles. The smallest absolute Gasteiger partial charge is 0.0543 e. The maximum absolute atomic E-state index is 2.54. The van der Waals surface area contributed by atoms with Crippen molar-refractivity contribution in [1.29, 1.82) is 0 Å². The summed E-state index contributed by atoms with van der Waals surface area (Å²) in [5, 5.41) is 4.97. The van der Waals surface area contributed by atoms with Crippen LogP contribution < -0.4 is 4.90 Å². The summed E-state index contributed by atoms with van der Waals surface area (Å²) in [6, 6.07) is 63.3. The van der Waals surface area contributed by atoms with Crippen molar-refractivity contribution < 1.29 is 0 Å². The maximum atomic E-state index is 2.54. The van der Waals surface area contributed by atoms with Gasteiger partial charge in [-0.15, -0.1) is 0 Å². The molecule has 2 nitrogen and oxygen atoms in total. The largest absolute Gasteiger partial charge is 0.309 e. The molecule has 2 aliphatic carbocycles. The fourth-order valence-corrected chi connectivity index (χ4v) is 9.97. The number of rotatable bonds is 4. The van der Waals surface area contributed by atoms with Crippen LogP contribution in [0.25, 0.3) is 60.5 Å². The molecular weight excluding hydrogens is 653 g/mol. The van der Waals surface area contributed by atoms with Crippen LogP contribution in [-0.4, -0.2) is 4.57 Å². The Morgan fingerprint density at radius 2 is 0.981 bits per heavy atom. The molecule has 0 unspecified atom stereocenters. The summed E-state index contributed by atoms with van der Waals surface area (Å²) in [6.45, 7) is 9.46. The highest BCUT2D eigenvalue weighted by molar-refractivity contribution is 6.10. The minimum absolute atomic E-state index is 0.0606. The zero-order valence-corrected chi connectivity index (χ0v) is 31.1. The monoisotopic (exact) mass is 692 g/mol. The van der Waals surface area contributed by atoms with Gasteiger partial charge in [-0.1, -0.05) is 149 Å². The van der Waals surface area contributed by atoms with Crippen molar-refractivity contribution in [2.45, 2.75) is 38.5 Å². The first-order valence-corrected chi connectivity index (χ1v) is 19.1. The number of anilines is 3. The second-order valence-electron chi connectivity index (χ2n) is 16.2. The van der Waals surface area contributed by atoms with Crippen molar-refractivity contribution in [2.24, 2.45) is 0 Å². The van der Waals surface area contributed by atoms with Crippen molar-refractivity contribution in [3.8, 4) is 27.9 Å². The first-order valence-electron chi connectivity index (χ1n) is 19.1. The molecule has 0 saturated carbocycles. The van der Waals surface area contributed by atoms with Crippen molar-refractivity contribution in [1.82, 2.24) is 4.57 Å². The molecule has 54 heavy (non-hydrogen) atoms. The number of benzene rings is 8. The van der Waals surface area contributed by atoms with E-state index in [1.54, 1.807) is 0 Å². The molecule has 0 fully saturated rings. The predicted octanol–water partition coefficient (Wildman–Crippen LogP) is 14.0. The minimum atomic E-state index is -0.107. The number of hydrogen-bond donors (Lipinski definition) is 0. The number of nitrogens with zero attached hydrogens (tertiary/aromatic N) is 2. The number of fused-ring (bicyclic) bond motifs is 10. The summed E-state index contributed by atoms with van der Waals surface area (Å²) in [4.78, 5) is 2.54. The van der Waals surface area contributed by atoms with Crippen LogP contribution in [0.5, 0.6) is 0 Å². The highest BCUT2D eigenvalue weighted by atomic mass is 15.1. The topological polar surface area (TPSA) is 8.17 Å². The van der Waals surface area contributed by atoms with Gasteiger partial charge in [0.05, 0.1) is 22.4 Å². The highest BCUT2D eigenvalue weighted by Crippen LogP contribution is 2.56. The molecule has 258 valence electrons. The Morgan fingerprint density at radius 3 is 1.74 bits per heavy atom. The predicted molar refractivity (Wildman–Crippen MR) is 228 cm³/mol. The van der Waals surface area contributed by atoms with Crippen LogP contribution in [0.4, 0.5) is 17.1 Å². The molecule has 2 heteroatoms. The van der Waals surface area contributed by atoms with Gasteiger partial charge in [0, 0.05) is 43.9 Å². The van der Waals surface area contributed by atoms with Crippen LogP contribution >= 0.6 is 0 Å². The van der Waals surface area contributed by atoms with E-state index in [2.05, 4.69) is 207 Å². The van der Waals surface area contributed by atoms with Crippen molar-refractivity contribution >= 4 is 49.6 Å². The van der Waals surface area contributed by atoms with E-state index in [-0.39, 0.29) is 10.8 Å². The van der Waals surface area contributed by atoms with Gasteiger partial charge in [-0.3, -0.25) is 0 Å². The number of para-hydroxylation sites is 2. The maximum Gasteiger partial charge on any atom is 0.0543 e. The van der Waals surface area contributed by atoms with Crippen LogP contribution in [-0.2, 0) is 10.8 Å². The van der Waals surface area contributed by atoms with Gasteiger partial charge in [0.2, 0.25) is 0 Å². The van der Waals surface area contributed by atoms with Gasteiger partial charge < -0.3 is 9.47 Å². The third-order valence-corrected chi connectivity index (χ3v) is 12.6. The van der Waals surface area contributed by atoms with E-state index in [4.69, 9.17) is 0 Å². The van der Waals surface area contributed by atoms with Crippen molar-refractivity contribution in [3.63, 3.8) is 0 Å². The Kier molecular flexibility index (Phi) is 6.39. The van der Waals surface area contributed by atoms with Crippen LogP contribution in [0.1, 0.15) is 49.9 Å². The zero-order chi connectivity index (χ0) is 36.3. The summed E-state index contributed by atoms with van der Waals surface area (Å²) < 4.78 is 2.41. The van der Waals surface area contributed by atoms with Crippen LogP contribution in [0, 0.1) is 0 Å². The summed E-state index contributed by atoms with van der Waals surface area (Å²) in [6.07, 6.45) is 0. The molecule has 2 aliphatic rings. The molecule has 1 aromatic heterocycles. The lowest BCUT2D eigenvalue weighted by Gasteiger charge is -2.30. The van der Waals surface area contributed by atoms with Gasteiger partial charge >= 0.3 is 0 Å². The Hall–Kier alpha value is -6.38. The molecule has 8 aromatic carbocycles. The van der Waals surface area contributed by atoms with Gasteiger partial charge in [-0.25, -0.2) is 0 Å². The van der Waals surface area contributed by atoms with E-state index in [1.807, 2.05) is 0 Å². The molecule has 0 atom stereocenters. The minimum Gasteiger partial charge on any atom is -0.309 e. The third-order valence-electron chi connectivity index (χ3n) is 12.6. The van der Waals surface area contributed by atoms with Gasteiger partial charge in [-0.2, -0.15) is 0 Å². The van der Waals surface area contributed by atoms with E-state index in [9.17, 15) is 0 Å². The lowest BCUT2D eigenvalue weighted by Crippen LogP contribution is -2.17. The van der Waals surface area contributed by atoms with E-state index < -0.39 is 0 Å². The quantitative estimate of drug-likeness (QED) is 0.178. The second-order valence-corrected chi connectivity index (χ2v) is 16.2. The number of aromatic nitrogens is 1. The molecule has 0 bridgehead atoms. The van der Waals surface area contributed by atoms with Gasteiger partial charge in [0.1, 0.15) is 0 Å². The van der Waals surface area contributed by atoms with Gasteiger partial charge in [-0.05, 0) is 92.9 Å². The average Bonchev–Trinajstić information content (AvgIpc) is 3.75. The second kappa shape index (κ2) is 11.1. The van der Waals surface area contributed by atoms with E-state index >= 15 is 0 Å². The molecule has 0 aliphatic heterocycles. The molecule has 0 radical (unpaired) electrons. The first kappa shape index (κ1) is 31.2. The summed E-state index contributed by atoms with van der Waals surface area (Å²) in [5.74, 6) is 0. The molecule has 0 N–H and O–H groups in total. The Bertz CT molecular complexity index is 2960. The van der Waals surface area contributed by atoms with E-state index in [0.29, 0.717) is 0 Å². The first-order chi connectivity index (χ1) is 26.3. The third kappa shape index (κ3) is 4.17. The Labute approximate surface area is 316 Å². The van der Waals surface area contributed by atoms with Crippen molar-refractivity contribution in [2.75, 3.05) is 4.90 Å². The lowest BCUT2D eigenvalue weighted by molar-refractivity contribution is 0.660. The van der Waals surface area contributed by atoms with Gasteiger partial charge in [0.15, 0.2) is 0 Å². The summed E-state index contributed by atoms with van der Waals surface area (Å²) in [7, 11) is 0. The van der Waals surface area contributed by atoms with Crippen molar-refractivity contribution in [3.05, 3.63) is 192 Å². The molecule has 9 aromatic rings. The fourth-order valence-electron chi connectivity index (χ4n) is 9.97. The zero-order valence-electron chi connectivity index (χ0n) is 31.1. The molecule has 0 saturated heterocycles. The Morgan fingerprint density at radius 1 is 0.407 bits per heavy atom. The van der Waals surface area contributed by atoms with Crippen LogP contribution in [0.2, 0.25) is 0 Å². The average molecular weight is 693 g/mol. The lowest BCUT2D eigenvalue weighted by atomic mass is 9.82. The Balaban J connectivity index is 1.17. The molecule has 0 amide bonds. The van der Waals surface area contributed by atoms with Gasteiger partial charge in [0.25, 0.3) is 0 Å². The summed E-state index contributed by atoms with van der Waals surface area (Å²) in [5.41, 5.74) is 17.8. The van der Waals surface area contributed by atoms with E-state index in [1.165, 1.54) is 88.5 Å². The highest BCUT2D eigenvalue weighted by Gasteiger charge is 2.39. The fraction of sp³-hybridized carbons (Fsp3) is 0.115. The molecular formula is C52H40N2. The summed E-state index contributed by atoms with van der Waals surface area (Å²) >= 11 is 0. The SMILES string of the molecule is CC1(C)c2ccccc2-c2cc(N(c3cccc4c3-c3ccccc3C4(C)C)c3cccc4cc(-n5c6ccccc6c6ccccc65)ccc34)ccc21.